The standard InChI is InChI=1S/C21H25N5O/c1-2-26-18-8-4-3-7-17(18)24-20(26)10-12-23-19-15-16(9-11-22-19)21(27)25-13-5-6-14-25/h3-4,7-9,11,15H,2,5-6,10,12-14H2,1H3,(H,22,23). The van der Waals surface area contributed by atoms with Crippen molar-refractivity contribution >= 4 is 22.8 Å². The zero-order chi connectivity index (χ0) is 18.6. The second-order valence-electron chi connectivity index (χ2n) is 6.87. The van der Waals surface area contributed by atoms with Crippen LogP contribution in [0.1, 0.15) is 35.9 Å². The Morgan fingerprint density at radius 2 is 2.00 bits per heavy atom. The number of benzene rings is 1. The van der Waals surface area contributed by atoms with E-state index in [2.05, 4.69) is 27.9 Å². The van der Waals surface area contributed by atoms with E-state index in [0.717, 1.165) is 62.6 Å². The molecule has 0 spiro atoms. The number of amides is 1. The quantitative estimate of drug-likeness (QED) is 0.730. The lowest BCUT2D eigenvalue weighted by Crippen LogP contribution is -2.27. The first-order chi connectivity index (χ1) is 13.3. The molecule has 0 bridgehead atoms. The highest BCUT2D eigenvalue weighted by molar-refractivity contribution is 5.95. The van der Waals surface area contributed by atoms with E-state index < -0.39 is 0 Å². The number of likely N-dealkylation sites (tertiary alicyclic amines) is 1. The first-order valence-electron chi connectivity index (χ1n) is 9.69. The molecule has 1 aromatic carbocycles. The highest BCUT2D eigenvalue weighted by Crippen LogP contribution is 2.17. The number of nitrogens with one attached hydrogen (secondary N) is 1. The Morgan fingerprint density at radius 3 is 2.81 bits per heavy atom. The SMILES string of the molecule is CCn1c(CCNc2cc(C(=O)N3CCCC3)ccn2)nc2ccccc21. The van der Waals surface area contributed by atoms with E-state index in [9.17, 15) is 4.79 Å². The van der Waals surface area contributed by atoms with E-state index in [1.54, 1.807) is 12.3 Å². The molecular formula is C21H25N5O. The molecule has 3 aromatic rings. The van der Waals surface area contributed by atoms with Crippen LogP contribution in [0.4, 0.5) is 5.82 Å². The molecule has 1 fully saturated rings. The minimum Gasteiger partial charge on any atom is -0.370 e. The highest BCUT2D eigenvalue weighted by Gasteiger charge is 2.19. The summed E-state index contributed by atoms with van der Waals surface area (Å²) >= 11 is 0. The molecule has 140 valence electrons. The van der Waals surface area contributed by atoms with Crippen molar-refractivity contribution in [3.63, 3.8) is 0 Å². The average molecular weight is 363 g/mol. The van der Waals surface area contributed by atoms with Crippen molar-refractivity contribution in [2.24, 2.45) is 0 Å². The number of aryl methyl sites for hydroxylation is 1. The molecule has 0 atom stereocenters. The maximum absolute atomic E-state index is 12.5. The first-order valence-corrected chi connectivity index (χ1v) is 9.69. The van der Waals surface area contributed by atoms with Crippen molar-refractivity contribution in [3.05, 3.63) is 54.0 Å². The largest absolute Gasteiger partial charge is 0.370 e. The zero-order valence-corrected chi connectivity index (χ0v) is 15.7. The van der Waals surface area contributed by atoms with Crippen molar-refractivity contribution in [2.45, 2.75) is 32.7 Å². The van der Waals surface area contributed by atoms with Crippen molar-refractivity contribution in [3.8, 4) is 0 Å². The van der Waals surface area contributed by atoms with Gasteiger partial charge in [0.25, 0.3) is 5.91 Å². The van der Waals surface area contributed by atoms with Crippen LogP contribution in [-0.4, -0.2) is 45.0 Å². The molecule has 3 heterocycles. The molecule has 0 saturated carbocycles. The van der Waals surface area contributed by atoms with Crippen LogP contribution in [0.25, 0.3) is 11.0 Å². The lowest BCUT2D eigenvalue weighted by atomic mass is 10.2. The molecule has 0 unspecified atom stereocenters. The first kappa shape index (κ1) is 17.5. The Balaban J connectivity index is 1.42. The minimum atomic E-state index is 0.103. The van der Waals surface area contributed by atoms with Crippen LogP contribution < -0.4 is 5.32 Å². The van der Waals surface area contributed by atoms with Crippen molar-refractivity contribution < 1.29 is 4.79 Å². The van der Waals surface area contributed by atoms with Gasteiger partial charge in [0.2, 0.25) is 0 Å². The van der Waals surface area contributed by atoms with E-state index >= 15 is 0 Å². The molecule has 6 heteroatoms. The molecule has 1 amide bonds. The summed E-state index contributed by atoms with van der Waals surface area (Å²) in [7, 11) is 0. The summed E-state index contributed by atoms with van der Waals surface area (Å²) in [5.41, 5.74) is 2.91. The molecule has 2 aromatic heterocycles. The molecule has 1 aliphatic rings. The Kier molecular flexibility index (Phi) is 5.05. The summed E-state index contributed by atoms with van der Waals surface area (Å²) in [6, 6.07) is 11.9. The van der Waals surface area contributed by atoms with Crippen LogP contribution >= 0.6 is 0 Å². The lowest BCUT2D eigenvalue weighted by molar-refractivity contribution is 0.0792. The van der Waals surface area contributed by atoms with E-state index in [-0.39, 0.29) is 5.91 Å². The lowest BCUT2D eigenvalue weighted by Gasteiger charge is -2.15. The Bertz CT molecular complexity index is 943. The van der Waals surface area contributed by atoms with E-state index in [4.69, 9.17) is 4.98 Å². The number of fused-ring (bicyclic) bond motifs is 1. The number of imidazole rings is 1. The maximum atomic E-state index is 12.5. The predicted molar refractivity (Wildman–Crippen MR) is 107 cm³/mol. The van der Waals surface area contributed by atoms with E-state index in [1.807, 2.05) is 29.2 Å². The van der Waals surface area contributed by atoms with Gasteiger partial charge in [0.1, 0.15) is 11.6 Å². The normalized spacial score (nSPS) is 14.0. The Hall–Kier alpha value is -2.89. The summed E-state index contributed by atoms with van der Waals surface area (Å²) in [6.07, 6.45) is 4.70. The highest BCUT2D eigenvalue weighted by atomic mass is 16.2. The fourth-order valence-electron chi connectivity index (χ4n) is 3.73. The zero-order valence-electron chi connectivity index (χ0n) is 15.7. The number of hydrogen-bond acceptors (Lipinski definition) is 4. The molecule has 1 aliphatic heterocycles. The molecular weight excluding hydrogens is 338 g/mol. The minimum absolute atomic E-state index is 0.103. The topological polar surface area (TPSA) is 63.1 Å². The number of para-hydroxylation sites is 2. The smallest absolute Gasteiger partial charge is 0.254 e. The number of rotatable bonds is 6. The third-order valence-corrected chi connectivity index (χ3v) is 5.10. The second kappa shape index (κ2) is 7.78. The van der Waals surface area contributed by atoms with Gasteiger partial charge in [-0.1, -0.05) is 12.1 Å². The van der Waals surface area contributed by atoms with Crippen LogP contribution in [0.2, 0.25) is 0 Å². The van der Waals surface area contributed by atoms with Gasteiger partial charge in [-0.2, -0.15) is 0 Å². The van der Waals surface area contributed by atoms with Crippen molar-refractivity contribution in [1.82, 2.24) is 19.4 Å². The van der Waals surface area contributed by atoms with Gasteiger partial charge in [-0.05, 0) is 44.0 Å². The molecule has 0 radical (unpaired) electrons. The number of carbonyl (C=O) groups is 1. The van der Waals surface area contributed by atoms with Crippen LogP contribution in [-0.2, 0) is 13.0 Å². The predicted octanol–water partition coefficient (Wildman–Crippen LogP) is 3.34. The van der Waals surface area contributed by atoms with Gasteiger partial charge in [0, 0.05) is 44.4 Å². The third-order valence-electron chi connectivity index (χ3n) is 5.10. The molecule has 4 rings (SSSR count). The third kappa shape index (κ3) is 3.65. The van der Waals surface area contributed by atoms with E-state index in [1.165, 1.54) is 5.52 Å². The number of hydrogen-bond donors (Lipinski definition) is 1. The van der Waals surface area contributed by atoms with Gasteiger partial charge in [-0.3, -0.25) is 4.79 Å². The van der Waals surface area contributed by atoms with Gasteiger partial charge < -0.3 is 14.8 Å². The summed E-state index contributed by atoms with van der Waals surface area (Å²) in [5, 5.41) is 3.34. The van der Waals surface area contributed by atoms with Crippen LogP contribution in [0.15, 0.2) is 42.6 Å². The average Bonchev–Trinajstić information content (AvgIpc) is 3.35. The Labute approximate surface area is 159 Å². The monoisotopic (exact) mass is 363 g/mol. The summed E-state index contributed by atoms with van der Waals surface area (Å²) in [6.45, 7) is 5.47. The Morgan fingerprint density at radius 1 is 1.19 bits per heavy atom. The molecule has 1 N–H and O–H groups in total. The molecule has 27 heavy (non-hydrogen) atoms. The van der Waals surface area contributed by atoms with Crippen molar-refractivity contribution in [1.29, 1.82) is 0 Å². The molecule has 0 aliphatic carbocycles. The van der Waals surface area contributed by atoms with Crippen LogP contribution in [0.3, 0.4) is 0 Å². The van der Waals surface area contributed by atoms with Gasteiger partial charge >= 0.3 is 0 Å². The number of pyridine rings is 1. The molecule has 6 nitrogen and oxygen atoms in total. The number of aromatic nitrogens is 3. The van der Waals surface area contributed by atoms with Gasteiger partial charge in [0.05, 0.1) is 11.0 Å². The number of nitrogens with zero attached hydrogens (tertiary/aromatic N) is 4. The van der Waals surface area contributed by atoms with Crippen molar-refractivity contribution in [2.75, 3.05) is 25.0 Å². The summed E-state index contributed by atoms with van der Waals surface area (Å²) in [4.78, 5) is 23.6. The fraction of sp³-hybridized carbons (Fsp3) is 0.381. The van der Waals surface area contributed by atoms with E-state index in [0.29, 0.717) is 5.56 Å². The van der Waals surface area contributed by atoms with Gasteiger partial charge in [-0.25, -0.2) is 9.97 Å². The fourth-order valence-corrected chi connectivity index (χ4v) is 3.73. The van der Waals surface area contributed by atoms with Crippen LogP contribution in [0, 0.1) is 0 Å². The second-order valence-corrected chi connectivity index (χ2v) is 6.87. The van der Waals surface area contributed by atoms with Gasteiger partial charge in [0.15, 0.2) is 0 Å². The van der Waals surface area contributed by atoms with Gasteiger partial charge in [-0.15, -0.1) is 0 Å². The maximum Gasteiger partial charge on any atom is 0.254 e. The summed E-state index contributed by atoms with van der Waals surface area (Å²) < 4.78 is 2.25. The number of carbonyl (C=O) groups excluding carboxylic acids is 1. The number of anilines is 1. The summed E-state index contributed by atoms with van der Waals surface area (Å²) in [5.74, 6) is 1.90. The van der Waals surface area contributed by atoms with Crippen LogP contribution in [0.5, 0.6) is 0 Å². The molecule has 1 saturated heterocycles.